The standard InChI is InChI=1S/C16H20ClFN2O3/c1-10(20-7-5-11(6-8-20)16(22)23-2)15(21)19-14-9-12(17)3-4-13(14)18/h3-4,9-11H,5-8H2,1-2H3,(H,19,21). The summed E-state index contributed by atoms with van der Waals surface area (Å²) < 4.78 is 18.4. The first kappa shape index (κ1) is 17.7. The first-order chi connectivity index (χ1) is 10.9. The number of methoxy groups -OCH3 is 1. The maximum atomic E-state index is 13.7. The molecule has 0 spiro atoms. The third-order valence-electron chi connectivity index (χ3n) is 4.18. The average molecular weight is 343 g/mol. The Morgan fingerprint density at radius 1 is 1.39 bits per heavy atom. The lowest BCUT2D eigenvalue weighted by atomic mass is 9.96. The van der Waals surface area contributed by atoms with Gasteiger partial charge < -0.3 is 10.1 Å². The Balaban J connectivity index is 1.93. The van der Waals surface area contributed by atoms with Crippen LogP contribution in [0.25, 0.3) is 0 Å². The third-order valence-corrected chi connectivity index (χ3v) is 4.41. The van der Waals surface area contributed by atoms with Gasteiger partial charge in [-0.2, -0.15) is 0 Å². The first-order valence-corrected chi connectivity index (χ1v) is 7.88. The zero-order valence-corrected chi connectivity index (χ0v) is 13.9. The maximum Gasteiger partial charge on any atom is 0.308 e. The first-order valence-electron chi connectivity index (χ1n) is 7.50. The smallest absolute Gasteiger partial charge is 0.308 e. The lowest BCUT2D eigenvalue weighted by Crippen LogP contribution is -2.47. The molecule has 1 aliphatic heterocycles. The van der Waals surface area contributed by atoms with Gasteiger partial charge in [0.2, 0.25) is 5.91 Å². The number of halogens is 2. The fraction of sp³-hybridized carbons (Fsp3) is 0.500. The molecule has 23 heavy (non-hydrogen) atoms. The summed E-state index contributed by atoms with van der Waals surface area (Å²) in [6.07, 6.45) is 1.30. The van der Waals surface area contributed by atoms with Crippen LogP contribution in [0.2, 0.25) is 5.02 Å². The second-order valence-electron chi connectivity index (χ2n) is 5.62. The highest BCUT2D eigenvalue weighted by atomic mass is 35.5. The van der Waals surface area contributed by atoms with Crippen LogP contribution < -0.4 is 5.32 Å². The number of carbonyl (C=O) groups excluding carboxylic acids is 2. The van der Waals surface area contributed by atoms with Gasteiger partial charge in [0.15, 0.2) is 0 Å². The summed E-state index contributed by atoms with van der Waals surface area (Å²) in [5.74, 6) is -1.15. The second-order valence-corrected chi connectivity index (χ2v) is 6.06. The molecule has 2 rings (SSSR count). The highest BCUT2D eigenvalue weighted by molar-refractivity contribution is 6.30. The Kier molecular flexibility index (Phi) is 5.96. The van der Waals surface area contributed by atoms with Gasteiger partial charge in [0.05, 0.1) is 24.8 Å². The van der Waals surface area contributed by atoms with Crippen LogP contribution in [-0.2, 0) is 14.3 Å². The van der Waals surface area contributed by atoms with Crippen LogP contribution in [0.5, 0.6) is 0 Å². The molecule has 126 valence electrons. The molecule has 1 N–H and O–H groups in total. The molecule has 5 nitrogen and oxygen atoms in total. The summed E-state index contributed by atoms with van der Waals surface area (Å²) in [6.45, 7) is 3.00. The molecule has 0 saturated carbocycles. The van der Waals surface area contributed by atoms with Gasteiger partial charge in [0.25, 0.3) is 0 Å². The molecule has 1 heterocycles. The van der Waals surface area contributed by atoms with Gasteiger partial charge in [-0.1, -0.05) is 11.6 Å². The maximum absolute atomic E-state index is 13.7. The fourth-order valence-electron chi connectivity index (χ4n) is 2.69. The van der Waals surface area contributed by atoms with Crippen molar-refractivity contribution in [3.05, 3.63) is 29.0 Å². The zero-order valence-electron chi connectivity index (χ0n) is 13.1. The lowest BCUT2D eigenvalue weighted by Gasteiger charge is -2.34. The summed E-state index contributed by atoms with van der Waals surface area (Å²) in [6, 6.07) is 3.59. The number of esters is 1. The van der Waals surface area contributed by atoms with Gasteiger partial charge in [-0.05, 0) is 51.1 Å². The van der Waals surface area contributed by atoms with E-state index in [2.05, 4.69) is 5.32 Å². The molecular weight excluding hydrogens is 323 g/mol. The topological polar surface area (TPSA) is 58.6 Å². The number of hydrogen-bond acceptors (Lipinski definition) is 4. The molecule has 1 aliphatic rings. The van der Waals surface area contributed by atoms with Gasteiger partial charge >= 0.3 is 5.97 Å². The Hall–Kier alpha value is -1.66. The fourth-order valence-corrected chi connectivity index (χ4v) is 2.86. The van der Waals surface area contributed by atoms with Crippen molar-refractivity contribution >= 4 is 29.2 Å². The van der Waals surface area contributed by atoms with Gasteiger partial charge in [-0.3, -0.25) is 14.5 Å². The minimum atomic E-state index is -0.528. The number of rotatable bonds is 4. The van der Waals surface area contributed by atoms with E-state index >= 15 is 0 Å². The summed E-state index contributed by atoms with van der Waals surface area (Å²) in [5.41, 5.74) is 0.0683. The van der Waals surface area contributed by atoms with Crippen molar-refractivity contribution in [1.29, 1.82) is 0 Å². The molecule has 0 aromatic heterocycles. The summed E-state index contributed by atoms with van der Waals surface area (Å²) in [4.78, 5) is 25.8. The number of hydrogen-bond donors (Lipinski definition) is 1. The molecule has 1 aromatic carbocycles. The van der Waals surface area contributed by atoms with Crippen molar-refractivity contribution in [3.8, 4) is 0 Å². The van der Waals surface area contributed by atoms with E-state index in [4.69, 9.17) is 16.3 Å². The third kappa shape index (κ3) is 4.42. The molecule has 0 aliphatic carbocycles. The van der Waals surface area contributed by atoms with E-state index < -0.39 is 11.9 Å². The van der Waals surface area contributed by atoms with E-state index in [9.17, 15) is 14.0 Å². The summed E-state index contributed by atoms with van der Waals surface area (Å²) in [7, 11) is 1.38. The van der Waals surface area contributed by atoms with Crippen LogP contribution in [0.15, 0.2) is 18.2 Å². The van der Waals surface area contributed by atoms with E-state index in [1.807, 2.05) is 4.90 Å². The lowest BCUT2D eigenvalue weighted by molar-refractivity contribution is -0.147. The summed E-state index contributed by atoms with van der Waals surface area (Å²) in [5, 5.41) is 2.92. The minimum absolute atomic E-state index is 0.0683. The van der Waals surface area contributed by atoms with Crippen LogP contribution in [-0.4, -0.2) is 43.0 Å². The minimum Gasteiger partial charge on any atom is -0.469 e. The van der Waals surface area contributed by atoms with Crippen molar-refractivity contribution in [2.45, 2.75) is 25.8 Å². The number of nitrogens with zero attached hydrogens (tertiary/aromatic N) is 1. The largest absolute Gasteiger partial charge is 0.469 e. The van der Waals surface area contributed by atoms with Crippen molar-refractivity contribution in [1.82, 2.24) is 4.90 Å². The average Bonchev–Trinajstić information content (AvgIpc) is 2.56. The van der Waals surface area contributed by atoms with Crippen molar-refractivity contribution in [2.24, 2.45) is 5.92 Å². The zero-order chi connectivity index (χ0) is 17.0. The quantitative estimate of drug-likeness (QED) is 0.855. The Bertz CT molecular complexity index is 589. The number of amides is 1. The monoisotopic (exact) mass is 342 g/mol. The molecular formula is C16H20ClFN2O3. The van der Waals surface area contributed by atoms with E-state index in [-0.39, 0.29) is 23.5 Å². The molecule has 1 saturated heterocycles. The van der Waals surface area contributed by atoms with Gasteiger partial charge in [0.1, 0.15) is 5.82 Å². The van der Waals surface area contributed by atoms with Crippen LogP contribution in [0.4, 0.5) is 10.1 Å². The number of likely N-dealkylation sites (tertiary alicyclic amines) is 1. The predicted molar refractivity (Wildman–Crippen MR) is 85.8 cm³/mol. The molecule has 1 aromatic rings. The predicted octanol–water partition coefficient (Wildman–Crippen LogP) is 2.69. The molecule has 0 radical (unpaired) electrons. The van der Waals surface area contributed by atoms with Gasteiger partial charge in [-0.25, -0.2) is 4.39 Å². The van der Waals surface area contributed by atoms with Crippen LogP contribution in [0, 0.1) is 11.7 Å². The van der Waals surface area contributed by atoms with Gasteiger partial charge in [0, 0.05) is 5.02 Å². The SMILES string of the molecule is COC(=O)C1CCN(C(C)C(=O)Nc2cc(Cl)ccc2F)CC1. The number of anilines is 1. The Morgan fingerprint density at radius 3 is 2.65 bits per heavy atom. The molecule has 1 atom stereocenters. The van der Waals surface area contributed by atoms with Crippen molar-refractivity contribution < 1.29 is 18.7 Å². The summed E-state index contributed by atoms with van der Waals surface area (Å²) >= 11 is 5.82. The molecule has 1 unspecified atom stereocenters. The molecule has 1 amide bonds. The number of benzene rings is 1. The van der Waals surface area contributed by atoms with Gasteiger partial charge in [-0.15, -0.1) is 0 Å². The van der Waals surface area contributed by atoms with E-state index in [1.165, 1.54) is 25.3 Å². The van der Waals surface area contributed by atoms with E-state index in [1.54, 1.807) is 6.92 Å². The second kappa shape index (κ2) is 7.75. The molecule has 1 fully saturated rings. The van der Waals surface area contributed by atoms with Crippen LogP contribution in [0.1, 0.15) is 19.8 Å². The van der Waals surface area contributed by atoms with Crippen LogP contribution in [0.3, 0.4) is 0 Å². The van der Waals surface area contributed by atoms with Crippen molar-refractivity contribution in [2.75, 3.05) is 25.5 Å². The number of nitrogens with one attached hydrogen (secondary N) is 1. The Labute approximate surface area is 139 Å². The normalized spacial score (nSPS) is 17.6. The molecule has 0 bridgehead atoms. The van der Waals surface area contributed by atoms with E-state index in [0.29, 0.717) is 31.0 Å². The highest BCUT2D eigenvalue weighted by Crippen LogP contribution is 2.22. The number of ether oxygens (including phenoxy) is 1. The van der Waals surface area contributed by atoms with Crippen LogP contribution >= 0.6 is 11.6 Å². The van der Waals surface area contributed by atoms with E-state index in [0.717, 1.165) is 0 Å². The number of carbonyl (C=O) groups is 2. The highest BCUT2D eigenvalue weighted by Gasteiger charge is 2.30. The van der Waals surface area contributed by atoms with Crippen molar-refractivity contribution in [3.63, 3.8) is 0 Å². The number of piperidine rings is 1. The molecule has 7 heteroatoms. The Morgan fingerprint density at radius 2 is 2.04 bits per heavy atom.